The van der Waals surface area contributed by atoms with Crippen molar-refractivity contribution < 1.29 is 8.42 Å². The number of nitrogen functional groups attached to an aromatic ring is 1. The number of aryl methyl sites for hydroxylation is 1. The van der Waals surface area contributed by atoms with E-state index in [1.54, 1.807) is 13.0 Å². The van der Waals surface area contributed by atoms with Crippen molar-refractivity contribution in [3.63, 3.8) is 0 Å². The van der Waals surface area contributed by atoms with Crippen LogP contribution in [0.5, 0.6) is 0 Å². The monoisotopic (exact) mass is 254 g/mol. The summed E-state index contributed by atoms with van der Waals surface area (Å²) in [5.74, 6) is 0.521. The second kappa shape index (κ2) is 4.31. The first kappa shape index (κ1) is 12.4. The lowest BCUT2D eigenvalue weighted by molar-refractivity contribution is 0.577. The molecule has 0 unspecified atom stereocenters. The van der Waals surface area contributed by atoms with Gasteiger partial charge in [-0.2, -0.15) is 0 Å². The van der Waals surface area contributed by atoms with E-state index in [4.69, 9.17) is 5.73 Å². The van der Waals surface area contributed by atoms with Crippen molar-refractivity contribution in [3.8, 4) is 0 Å². The minimum Gasteiger partial charge on any atom is -0.399 e. The van der Waals surface area contributed by atoms with Crippen molar-refractivity contribution in [2.75, 3.05) is 12.3 Å². The largest absolute Gasteiger partial charge is 0.399 e. The van der Waals surface area contributed by atoms with Crippen molar-refractivity contribution in [2.45, 2.75) is 31.6 Å². The average Bonchev–Trinajstić information content (AvgIpc) is 3.04. The Bertz CT molecular complexity index is 534. The van der Waals surface area contributed by atoms with Gasteiger partial charge in [-0.05, 0) is 55.9 Å². The fourth-order valence-corrected chi connectivity index (χ4v) is 3.23. The highest BCUT2D eigenvalue weighted by Crippen LogP contribution is 2.29. The number of anilines is 1. The van der Waals surface area contributed by atoms with E-state index in [9.17, 15) is 8.42 Å². The summed E-state index contributed by atoms with van der Waals surface area (Å²) in [6, 6.07) is 3.31. The average molecular weight is 254 g/mol. The third-order valence-electron chi connectivity index (χ3n) is 3.19. The van der Waals surface area contributed by atoms with Crippen molar-refractivity contribution in [1.82, 2.24) is 4.72 Å². The molecule has 0 saturated heterocycles. The highest BCUT2D eigenvalue weighted by Gasteiger charge is 2.25. The highest BCUT2D eigenvalue weighted by molar-refractivity contribution is 7.89. The van der Waals surface area contributed by atoms with Crippen LogP contribution in [0.4, 0.5) is 5.69 Å². The van der Waals surface area contributed by atoms with E-state index in [-0.39, 0.29) is 0 Å². The van der Waals surface area contributed by atoms with Gasteiger partial charge in [0.25, 0.3) is 0 Å². The normalized spacial score (nSPS) is 16.1. The lowest BCUT2D eigenvalue weighted by Crippen LogP contribution is -2.26. The number of sulfonamides is 1. The van der Waals surface area contributed by atoms with Crippen LogP contribution in [-0.4, -0.2) is 15.0 Å². The van der Waals surface area contributed by atoms with Crippen LogP contribution in [0, 0.1) is 19.8 Å². The number of nitrogens with two attached hydrogens (primary N) is 1. The Balaban J connectivity index is 2.30. The van der Waals surface area contributed by atoms with Crippen LogP contribution in [0.2, 0.25) is 0 Å². The number of hydrogen-bond donors (Lipinski definition) is 2. The minimum absolute atomic E-state index is 0.302. The molecule has 0 heterocycles. The van der Waals surface area contributed by atoms with Gasteiger partial charge in [-0.3, -0.25) is 0 Å². The van der Waals surface area contributed by atoms with Crippen molar-refractivity contribution >= 4 is 15.7 Å². The molecule has 5 heteroatoms. The molecule has 0 bridgehead atoms. The molecule has 0 radical (unpaired) electrons. The quantitative estimate of drug-likeness (QED) is 0.801. The Morgan fingerprint density at radius 2 is 2.00 bits per heavy atom. The molecular weight excluding hydrogens is 236 g/mol. The maximum absolute atomic E-state index is 12.1. The summed E-state index contributed by atoms with van der Waals surface area (Å²) in [5.41, 5.74) is 7.85. The molecule has 1 aliphatic rings. The Morgan fingerprint density at radius 3 is 2.59 bits per heavy atom. The van der Waals surface area contributed by atoms with E-state index in [2.05, 4.69) is 4.72 Å². The smallest absolute Gasteiger partial charge is 0.240 e. The van der Waals surface area contributed by atoms with Crippen LogP contribution < -0.4 is 10.5 Å². The summed E-state index contributed by atoms with van der Waals surface area (Å²) in [6.45, 7) is 4.21. The van der Waals surface area contributed by atoms with Gasteiger partial charge >= 0.3 is 0 Å². The molecule has 1 aromatic carbocycles. The number of hydrogen-bond acceptors (Lipinski definition) is 3. The Labute approximate surface area is 102 Å². The molecule has 0 atom stereocenters. The summed E-state index contributed by atoms with van der Waals surface area (Å²) < 4.78 is 26.9. The summed E-state index contributed by atoms with van der Waals surface area (Å²) in [4.78, 5) is 0.302. The molecule has 0 spiro atoms. The predicted octanol–water partition coefficient (Wildman–Crippen LogP) is 1.57. The molecule has 0 amide bonds. The molecule has 1 fully saturated rings. The minimum atomic E-state index is -3.42. The molecule has 1 aliphatic carbocycles. The third kappa shape index (κ3) is 2.79. The van der Waals surface area contributed by atoms with Gasteiger partial charge < -0.3 is 5.73 Å². The summed E-state index contributed by atoms with van der Waals surface area (Å²) in [7, 11) is -3.42. The summed E-state index contributed by atoms with van der Waals surface area (Å²) >= 11 is 0. The topological polar surface area (TPSA) is 72.2 Å². The number of rotatable bonds is 4. The van der Waals surface area contributed by atoms with Crippen LogP contribution in [0.25, 0.3) is 0 Å². The zero-order chi connectivity index (χ0) is 12.6. The molecule has 1 saturated carbocycles. The Morgan fingerprint density at radius 1 is 1.35 bits per heavy atom. The molecule has 0 aromatic heterocycles. The molecule has 1 aromatic rings. The fraction of sp³-hybridized carbons (Fsp3) is 0.500. The summed E-state index contributed by atoms with van der Waals surface area (Å²) in [6.07, 6.45) is 2.24. The van der Waals surface area contributed by atoms with Crippen LogP contribution in [0.15, 0.2) is 17.0 Å². The van der Waals surface area contributed by atoms with Gasteiger partial charge in [-0.15, -0.1) is 0 Å². The highest BCUT2D eigenvalue weighted by atomic mass is 32.2. The second-order valence-electron chi connectivity index (χ2n) is 4.76. The molecule has 2 rings (SSSR count). The molecular formula is C12H18N2O2S. The molecule has 3 N–H and O–H groups in total. The van der Waals surface area contributed by atoms with Crippen molar-refractivity contribution in [1.29, 1.82) is 0 Å². The maximum Gasteiger partial charge on any atom is 0.240 e. The number of nitrogens with one attached hydrogen (secondary N) is 1. The van der Waals surface area contributed by atoms with E-state index in [0.29, 0.717) is 23.0 Å². The van der Waals surface area contributed by atoms with Crippen LogP contribution in [0.1, 0.15) is 24.0 Å². The van der Waals surface area contributed by atoms with E-state index < -0.39 is 10.0 Å². The van der Waals surface area contributed by atoms with Gasteiger partial charge in [0.1, 0.15) is 0 Å². The van der Waals surface area contributed by atoms with E-state index >= 15 is 0 Å². The first-order chi connectivity index (χ1) is 7.90. The van der Waals surface area contributed by atoms with Gasteiger partial charge in [-0.25, -0.2) is 13.1 Å². The molecule has 4 nitrogen and oxygen atoms in total. The second-order valence-corrected chi connectivity index (χ2v) is 6.49. The van der Waals surface area contributed by atoms with Crippen LogP contribution >= 0.6 is 0 Å². The molecule has 0 aliphatic heterocycles. The lowest BCUT2D eigenvalue weighted by Gasteiger charge is -2.12. The third-order valence-corrected chi connectivity index (χ3v) is 4.74. The fourth-order valence-electron chi connectivity index (χ4n) is 1.76. The Hall–Kier alpha value is -1.07. The first-order valence-electron chi connectivity index (χ1n) is 5.76. The van der Waals surface area contributed by atoms with Gasteiger partial charge in [-0.1, -0.05) is 0 Å². The van der Waals surface area contributed by atoms with Crippen molar-refractivity contribution in [3.05, 3.63) is 23.3 Å². The van der Waals surface area contributed by atoms with E-state index in [1.807, 2.05) is 6.92 Å². The van der Waals surface area contributed by atoms with Gasteiger partial charge in [0.15, 0.2) is 0 Å². The van der Waals surface area contributed by atoms with Crippen LogP contribution in [0.3, 0.4) is 0 Å². The van der Waals surface area contributed by atoms with E-state index in [0.717, 1.165) is 24.0 Å². The molecule has 94 valence electrons. The van der Waals surface area contributed by atoms with Crippen molar-refractivity contribution in [2.24, 2.45) is 5.92 Å². The Kier molecular flexibility index (Phi) is 3.14. The molecule has 17 heavy (non-hydrogen) atoms. The zero-order valence-electron chi connectivity index (χ0n) is 10.2. The van der Waals surface area contributed by atoms with Crippen LogP contribution in [-0.2, 0) is 10.0 Å². The zero-order valence-corrected chi connectivity index (χ0v) is 11.0. The number of benzene rings is 1. The lowest BCUT2D eigenvalue weighted by atomic mass is 10.1. The first-order valence-corrected chi connectivity index (χ1v) is 7.25. The van der Waals surface area contributed by atoms with Gasteiger partial charge in [0.2, 0.25) is 10.0 Å². The summed E-state index contributed by atoms with van der Waals surface area (Å²) in [5, 5.41) is 0. The standard InChI is InChI=1S/C12H18N2O2S/c1-8-5-11(13)6-12(9(8)2)17(15,16)14-7-10-3-4-10/h5-6,10,14H,3-4,7,13H2,1-2H3. The predicted molar refractivity (Wildman–Crippen MR) is 68.2 cm³/mol. The SMILES string of the molecule is Cc1cc(N)cc(S(=O)(=O)NCC2CC2)c1C. The maximum atomic E-state index is 12.1. The van der Waals surface area contributed by atoms with Gasteiger partial charge in [0.05, 0.1) is 4.90 Å². The van der Waals surface area contributed by atoms with Gasteiger partial charge in [0, 0.05) is 12.2 Å². The van der Waals surface area contributed by atoms with E-state index in [1.165, 1.54) is 6.07 Å².